The van der Waals surface area contributed by atoms with Crippen molar-refractivity contribution < 1.29 is 13.2 Å². The molecule has 0 saturated heterocycles. The van der Waals surface area contributed by atoms with E-state index in [1.54, 1.807) is 6.07 Å². The first-order valence-corrected chi connectivity index (χ1v) is 5.93. The topological polar surface area (TPSA) is 41.8 Å². The molecule has 0 atom stereocenters. The summed E-state index contributed by atoms with van der Waals surface area (Å²) in [6.07, 6.45) is -2.28. The number of alkyl halides is 3. The lowest BCUT2D eigenvalue weighted by molar-refractivity contribution is -0.136. The van der Waals surface area contributed by atoms with Gasteiger partial charge < -0.3 is 10.7 Å². The number of hydrogen-bond acceptors (Lipinski definition) is 1. The van der Waals surface area contributed by atoms with Crippen LogP contribution >= 0.6 is 0 Å². The van der Waals surface area contributed by atoms with Gasteiger partial charge in [-0.05, 0) is 30.4 Å². The van der Waals surface area contributed by atoms with E-state index < -0.39 is 11.7 Å². The summed E-state index contributed by atoms with van der Waals surface area (Å²) in [5.41, 5.74) is 6.97. The number of H-pyrrole nitrogens is 1. The van der Waals surface area contributed by atoms with Crippen molar-refractivity contribution in [2.75, 3.05) is 0 Å². The Morgan fingerprint density at radius 3 is 2.56 bits per heavy atom. The molecule has 1 heterocycles. The van der Waals surface area contributed by atoms with Gasteiger partial charge >= 0.3 is 6.18 Å². The van der Waals surface area contributed by atoms with Crippen LogP contribution in [-0.4, -0.2) is 4.98 Å². The average Bonchev–Trinajstić information content (AvgIpc) is 3.07. The molecule has 0 unspecified atom stereocenters. The van der Waals surface area contributed by atoms with Crippen molar-refractivity contribution in [3.8, 4) is 0 Å². The zero-order valence-electron chi connectivity index (χ0n) is 9.64. The van der Waals surface area contributed by atoms with E-state index in [1.807, 2.05) is 0 Å². The highest BCUT2D eigenvalue weighted by Gasteiger charge is 2.35. The highest BCUT2D eigenvalue weighted by Crippen LogP contribution is 2.44. The predicted molar refractivity (Wildman–Crippen MR) is 63.2 cm³/mol. The molecule has 2 nitrogen and oxygen atoms in total. The second-order valence-corrected chi connectivity index (χ2v) is 4.72. The highest BCUT2D eigenvalue weighted by molar-refractivity contribution is 5.88. The van der Waals surface area contributed by atoms with Crippen LogP contribution in [0.15, 0.2) is 18.2 Å². The number of para-hydroxylation sites is 1. The summed E-state index contributed by atoms with van der Waals surface area (Å²) >= 11 is 0. The van der Waals surface area contributed by atoms with Crippen LogP contribution in [0.2, 0.25) is 0 Å². The Balaban J connectivity index is 2.29. The van der Waals surface area contributed by atoms with Crippen molar-refractivity contribution >= 4 is 10.9 Å². The molecule has 1 fully saturated rings. The molecule has 0 spiro atoms. The predicted octanol–water partition coefficient (Wildman–Crippen LogP) is 3.52. The monoisotopic (exact) mass is 254 g/mol. The van der Waals surface area contributed by atoms with Crippen molar-refractivity contribution in [2.24, 2.45) is 5.73 Å². The molecule has 3 N–H and O–H groups in total. The van der Waals surface area contributed by atoms with Gasteiger partial charge in [-0.3, -0.25) is 0 Å². The molecule has 1 aliphatic carbocycles. The zero-order valence-corrected chi connectivity index (χ0v) is 9.64. The van der Waals surface area contributed by atoms with E-state index in [0.717, 1.165) is 30.2 Å². The van der Waals surface area contributed by atoms with Crippen LogP contribution in [0, 0.1) is 0 Å². The Hall–Kier alpha value is -1.49. The summed E-state index contributed by atoms with van der Waals surface area (Å²) in [6, 6.07) is 4.25. The van der Waals surface area contributed by atoms with Crippen LogP contribution in [0.4, 0.5) is 13.2 Å². The zero-order chi connectivity index (χ0) is 12.9. The Labute approximate surface area is 102 Å². The second kappa shape index (κ2) is 3.75. The van der Waals surface area contributed by atoms with E-state index in [2.05, 4.69) is 4.98 Å². The summed E-state index contributed by atoms with van der Waals surface area (Å²) < 4.78 is 38.8. The van der Waals surface area contributed by atoms with E-state index in [0.29, 0.717) is 11.3 Å². The third-order valence-corrected chi connectivity index (χ3v) is 3.47. The fourth-order valence-corrected chi connectivity index (χ4v) is 2.47. The highest BCUT2D eigenvalue weighted by atomic mass is 19.4. The molecule has 0 bridgehead atoms. The van der Waals surface area contributed by atoms with Crippen molar-refractivity contribution in [2.45, 2.75) is 31.5 Å². The molecule has 3 rings (SSSR count). The molecular weight excluding hydrogens is 241 g/mol. The SMILES string of the molecule is NCc1c(C2CC2)[nH]c2c(C(F)(F)F)cccc12. The van der Waals surface area contributed by atoms with Gasteiger partial charge in [0.2, 0.25) is 0 Å². The largest absolute Gasteiger partial charge is 0.418 e. The number of benzene rings is 1. The molecule has 1 saturated carbocycles. The first-order valence-electron chi connectivity index (χ1n) is 5.93. The Morgan fingerprint density at radius 1 is 1.28 bits per heavy atom. The second-order valence-electron chi connectivity index (χ2n) is 4.72. The minimum absolute atomic E-state index is 0.173. The van der Waals surface area contributed by atoms with Gasteiger partial charge in [0, 0.05) is 17.6 Å². The third kappa shape index (κ3) is 1.70. The molecule has 5 heteroatoms. The van der Waals surface area contributed by atoms with Crippen molar-refractivity contribution in [1.29, 1.82) is 0 Å². The van der Waals surface area contributed by atoms with Crippen LogP contribution in [0.5, 0.6) is 0 Å². The number of nitrogens with two attached hydrogens (primary N) is 1. The quantitative estimate of drug-likeness (QED) is 0.845. The Kier molecular flexibility index (Phi) is 2.41. The molecule has 0 amide bonds. The van der Waals surface area contributed by atoms with Gasteiger partial charge in [-0.25, -0.2) is 0 Å². The normalized spacial score (nSPS) is 16.4. The maximum absolute atomic E-state index is 12.9. The van der Waals surface area contributed by atoms with Gasteiger partial charge in [0.15, 0.2) is 0 Å². The van der Waals surface area contributed by atoms with Crippen LogP contribution in [0.25, 0.3) is 10.9 Å². The first kappa shape index (κ1) is 11.6. The third-order valence-electron chi connectivity index (χ3n) is 3.47. The molecule has 96 valence electrons. The molecule has 1 aliphatic rings. The number of fused-ring (bicyclic) bond motifs is 1. The van der Waals surface area contributed by atoms with E-state index in [9.17, 15) is 13.2 Å². The van der Waals surface area contributed by atoms with Crippen LogP contribution < -0.4 is 5.73 Å². The van der Waals surface area contributed by atoms with Crippen LogP contribution in [0.1, 0.15) is 35.6 Å². The van der Waals surface area contributed by atoms with Crippen molar-refractivity contribution in [3.05, 3.63) is 35.0 Å². The summed E-state index contributed by atoms with van der Waals surface area (Å²) in [5, 5.41) is 0.606. The molecule has 0 aliphatic heterocycles. The summed E-state index contributed by atoms with van der Waals surface area (Å²) in [4.78, 5) is 2.95. The maximum atomic E-state index is 12.9. The van der Waals surface area contributed by atoms with Gasteiger partial charge in [-0.2, -0.15) is 13.2 Å². The fourth-order valence-electron chi connectivity index (χ4n) is 2.47. The van der Waals surface area contributed by atoms with Gasteiger partial charge in [0.25, 0.3) is 0 Å². The van der Waals surface area contributed by atoms with Gasteiger partial charge in [-0.15, -0.1) is 0 Å². The molecule has 18 heavy (non-hydrogen) atoms. The smallest absolute Gasteiger partial charge is 0.357 e. The lowest BCUT2D eigenvalue weighted by atomic mass is 10.1. The number of rotatable bonds is 2. The summed E-state index contributed by atoms with van der Waals surface area (Å²) in [7, 11) is 0. The van der Waals surface area contributed by atoms with E-state index in [4.69, 9.17) is 5.73 Å². The number of hydrogen-bond donors (Lipinski definition) is 2. The number of aromatic nitrogens is 1. The van der Waals surface area contributed by atoms with E-state index >= 15 is 0 Å². The van der Waals surface area contributed by atoms with Crippen molar-refractivity contribution in [3.63, 3.8) is 0 Å². The van der Waals surface area contributed by atoms with Gasteiger partial charge in [0.05, 0.1) is 11.1 Å². The summed E-state index contributed by atoms with van der Waals surface area (Å²) in [5.74, 6) is 0.358. The molecule has 1 aromatic heterocycles. The number of nitrogens with one attached hydrogen (secondary N) is 1. The lowest BCUT2D eigenvalue weighted by Gasteiger charge is -2.07. The number of aromatic amines is 1. The van der Waals surface area contributed by atoms with Crippen LogP contribution in [-0.2, 0) is 12.7 Å². The minimum atomic E-state index is -4.34. The molecule has 0 radical (unpaired) electrons. The Bertz CT molecular complexity index is 594. The lowest BCUT2D eigenvalue weighted by Crippen LogP contribution is -2.05. The van der Waals surface area contributed by atoms with E-state index in [1.165, 1.54) is 6.07 Å². The van der Waals surface area contributed by atoms with E-state index in [-0.39, 0.29) is 12.1 Å². The average molecular weight is 254 g/mol. The van der Waals surface area contributed by atoms with Gasteiger partial charge in [0.1, 0.15) is 0 Å². The standard InChI is InChI=1S/C13H13F3N2/c14-13(15,16)10-3-1-2-8-9(6-17)11(7-4-5-7)18-12(8)10/h1-3,7,18H,4-6,17H2. The van der Waals surface area contributed by atoms with Crippen LogP contribution in [0.3, 0.4) is 0 Å². The number of halogens is 3. The fraction of sp³-hybridized carbons (Fsp3) is 0.385. The molecule has 2 aromatic rings. The first-order chi connectivity index (χ1) is 8.52. The van der Waals surface area contributed by atoms with Crippen molar-refractivity contribution in [1.82, 2.24) is 4.98 Å². The Morgan fingerprint density at radius 2 is 2.00 bits per heavy atom. The molecular formula is C13H13F3N2. The summed E-state index contributed by atoms with van der Waals surface area (Å²) in [6.45, 7) is 0.271. The maximum Gasteiger partial charge on any atom is 0.418 e. The minimum Gasteiger partial charge on any atom is -0.357 e. The van der Waals surface area contributed by atoms with Gasteiger partial charge in [-0.1, -0.05) is 12.1 Å². The molecule has 1 aromatic carbocycles.